The number of para-hydroxylation sites is 2. The normalized spacial score (nSPS) is 11.8. The molecule has 0 radical (unpaired) electrons. The minimum absolute atomic E-state index is 0.0407. The number of hydrogen-bond acceptors (Lipinski definition) is 5. The predicted molar refractivity (Wildman–Crippen MR) is 168 cm³/mol. The van der Waals surface area contributed by atoms with Gasteiger partial charge < -0.3 is 15.0 Å². The van der Waals surface area contributed by atoms with E-state index in [2.05, 4.69) is 5.32 Å². The molecule has 0 heterocycles. The van der Waals surface area contributed by atoms with Gasteiger partial charge in [0.05, 0.1) is 17.2 Å². The zero-order valence-corrected chi connectivity index (χ0v) is 25.5. The standard InChI is InChI=1S/C34H37N3O5S/c1-4-42-32-18-12-11-17-30(32)37(43(40,41)29-21-19-26(2)20-22-29)25-33(38)36(24-28-15-9-6-10-16-28)31(34(39)35-3)23-27-13-7-5-8-14-27/h5-22,31H,4,23-25H2,1-3H3,(H,35,39). The minimum Gasteiger partial charge on any atom is -0.492 e. The molecule has 1 N–H and O–H groups in total. The highest BCUT2D eigenvalue weighted by molar-refractivity contribution is 7.92. The van der Waals surface area contributed by atoms with Crippen LogP contribution in [0.15, 0.2) is 114 Å². The fourth-order valence-corrected chi connectivity index (χ4v) is 6.22. The summed E-state index contributed by atoms with van der Waals surface area (Å²) in [5, 5.41) is 2.69. The molecule has 9 heteroatoms. The highest BCUT2D eigenvalue weighted by Crippen LogP contribution is 2.33. The number of nitrogens with zero attached hydrogens (tertiary/aromatic N) is 2. The van der Waals surface area contributed by atoms with Crippen LogP contribution in [-0.4, -0.2) is 51.4 Å². The summed E-state index contributed by atoms with van der Waals surface area (Å²) in [4.78, 5) is 29.2. The smallest absolute Gasteiger partial charge is 0.264 e. The number of rotatable bonds is 13. The molecular formula is C34H37N3O5S. The summed E-state index contributed by atoms with van der Waals surface area (Å²) in [5.74, 6) is -0.554. The van der Waals surface area contributed by atoms with E-state index in [1.54, 1.807) is 43.3 Å². The summed E-state index contributed by atoms with van der Waals surface area (Å²) in [5.41, 5.74) is 2.81. The van der Waals surface area contributed by atoms with Gasteiger partial charge in [-0.1, -0.05) is 90.5 Å². The number of nitrogens with one attached hydrogen (secondary N) is 1. The maximum Gasteiger partial charge on any atom is 0.264 e. The molecule has 4 aromatic carbocycles. The monoisotopic (exact) mass is 599 g/mol. The Hall–Kier alpha value is -4.63. The second-order valence-electron chi connectivity index (χ2n) is 10.1. The number of benzene rings is 4. The Morgan fingerprint density at radius 3 is 2.00 bits per heavy atom. The van der Waals surface area contributed by atoms with E-state index in [9.17, 15) is 18.0 Å². The van der Waals surface area contributed by atoms with Crippen LogP contribution in [0.25, 0.3) is 0 Å². The summed E-state index contributed by atoms with van der Waals surface area (Å²) < 4.78 is 35.2. The first-order valence-electron chi connectivity index (χ1n) is 14.1. The molecule has 224 valence electrons. The van der Waals surface area contributed by atoms with Gasteiger partial charge in [0.15, 0.2) is 0 Å². The summed E-state index contributed by atoms with van der Waals surface area (Å²) in [6, 6.07) is 31.1. The number of carbonyl (C=O) groups is 2. The van der Waals surface area contributed by atoms with E-state index in [4.69, 9.17) is 4.74 Å². The van der Waals surface area contributed by atoms with Crippen molar-refractivity contribution in [1.29, 1.82) is 0 Å². The lowest BCUT2D eigenvalue weighted by Crippen LogP contribution is -2.53. The summed E-state index contributed by atoms with van der Waals surface area (Å²) in [6.45, 7) is 3.54. The van der Waals surface area contributed by atoms with Gasteiger partial charge in [0, 0.05) is 20.0 Å². The van der Waals surface area contributed by atoms with Crippen LogP contribution >= 0.6 is 0 Å². The molecule has 8 nitrogen and oxygen atoms in total. The van der Waals surface area contributed by atoms with Gasteiger partial charge in [-0.25, -0.2) is 8.42 Å². The average molecular weight is 600 g/mol. The molecule has 4 rings (SSSR count). The van der Waals surface area contributed by atoms with Crippen LogP contribution < -0.4 is 14.4 Å². The number of carbonyl (C=O) groups excluding carboxylic acids is 2. The second-order valence-corrected chi connectivity index (χ2v) is 11.9. The third kappa shape index (κ3) is 7.81. The van der Waals surface area contributed by atoms with Crippen molar-refractivity contribution >= 4 is 27.5 Å². The first kappa shape index (κ1) is 31.3. The zero-order valence-electron chi connectivity index (χ0n) is 24.6. The SMILES string of the molecule is CCOc1ccccc1N(CC(=O)N(Cc1ccccc1)C(Cc1ccccc1)C(=O)NC)S(=O)(=O)c1ccc(C)cc1. The molecule has 0 aliphatic carbocycles. The topological polar surface area (TPSA) is 96.0 Å². The Kier molecular flexibility index (Phi) is 10.6. The van der Waals surface area contributed by atoms with Gasteiger partial charge in [0.1, 0.15) is 18.3 Å². The number of sulfonamides is 1. The molecule has 0 saturated heterocycles. The maximum atomic E-state index is 14.4. The number of likely N-dealkylation sites (N-methyl/N-ethyl adjacent to an activating group) is 1. The molecule has 2 amide bonds. The van der Waals surface area contributed by atoms with Gasteiger partial charge >= 0.3 is 0 Å². The Labute approximate surface area is 254 Å². The van der Waals surface area contributed by atoms with Crippen LogP contribution in [0, 0.1) is 6.92 Å². The lowest BCUT2D eigenvalue weighted by Gasteiger charge is -2.34. The second kappa shape index (κ2) is 14.5. The average Bonchev–Trinajstić information content (AvgIpc) is 3.02. The van der Waals surface area contributed by atoms with Gasteiger partial charge in [-0.3, -0.25) is 13.9 Å². The van der Waals surface area contributed by atoms with E-state index >= 15 is 0 Å². The summed E-state index contributed by atoms with van der Waals surface area (Å²) >= 11 is 0. The number of anilines is 1. The van der Waals surface area contributed by atoms with Gasteiger partial charge in [-0.05, 0) is 49.2 Å². The molecule has 1 unspecified atom stereocenters. The van der Waals surface area contributed by atoms with Crippen LogP contribution in [0.1, 0.15) is 23.6 Å². The van der Waals surface area contributed by atoms with E-state index in [0.717, 1.165) is 21.0 Å². The largest absolute Gasteiger partial charge is 0.492 e. The molecule has 0 aromatic heterocycles. The summed E-state index contributed by atoms with van der Waals surface area (Å²) in [6.07, 6.45) is 0.249. The number of amides is 2. The third-order valence-electron chi connectivity index (χ3n) is 7.03. The Bertz CT molecular complexity index is 1610. The molecule has 0 fully saturated rings. The first-order chi connectivity index (χ1) is 20.7. The fourth-order valence-electron chi connectivity index (χ4n) is 4.79. The molecule has 4 aromatic rings. The molecule has 43 heavy (non-hydrogen) atoms. The van der Waals surface area contributed by atoms with Crippen molar-refractivity contribution < 1.29 is 22.7 Å². The molecular weight excluding hydrogens is 562 g/mol. The highest BCUT2D eigenvalue weighted by Gasteiger charge is 2.35. The van der Waals surface area contributed by atoms with E-state index in [0.29, 0.717) is 12.4 Å². The Balaban J connectivity index is 1.81. The highest BCUT2D eigenvalue weighted by atomic mass is 32.2. The van der Waals surface area contributed by atoms with Crippen LogP contribution in [0.3, 0.4) is 0 Å². The van der Waals surface area contributed by atoms with Crippen molar-refractivity contribution in [1.82, 2.24) is 10.2 Å². The maximum absolute atomic E-state index is 14.4. The van der Waals surface area contributed by atoms with Crippen LogP contribution in [0.5, 0.6) is 5.75 Å². The Morgan fingerprint density at radius 1 is 0.814 bits per heavy atom. The van der Waals surface area contributed by atoms with Crippen molar-refractivity contribution in [2.75, 3.05) is 24.5 Å². The van der Waals surface area contributed by atoms with Crippen LogP contribution in [0.4, 0.5) is 5.69 Å². The number of hydrogen-bond donors (Lipinski definition) is 1. The van der Waals surface area contributed by atoms with Gasteiger partial charge in [-0.2, -0.15) is 0 Å². The molecule has 0 spiro atoms. The van der Waals surface area contributed by atoms with Crippen molar-refractivity contribution in [3.05, 3.63) is 126 Å². The van der Waals surface area contributed by atoms with E-state index in [1.165, 1.54) is 24.1 Å². The van der Waals surface area contributed by atoms with E-state index in [1.807, 2.05) is 67.6 Å². The number of aryl methyl sites for hydroxylation is 1. The molecule has 0 aliphatic heterocycles. The molecule has 1 atom stereocenters. The van der Waals surface area contributed by atoms with E-state index in [-0.39, 0.29) is 29.5 Å². The van der Waals surface area contributed by atoms with Gasteiger partial charge in [-0.15, -0.1) is 0 Å². The fraction of sp³-hybridized carbons (Fsp3) is 0.235. The molecule has 0 aliphatic rings. The van der Waals surface area contributed by atoms with E-state index < -0.39 is 28.5 Å². The van der Waals surface area contributed by atoms with Crippen molar-refractivity contribution in [3.8, 4) is 5.75 Å². The summed E-state index contributed by atoms with van der Waals surface area (Å²) in [7, 11) is -2.69. The van der Waals surface area contributed by atoms with Crippen LogP contribution in [0.2, 0.25) is 0 Å². The quantitative estimate of drug-likeness (QED) is 0.234. The van der Waals surface area contributed by atoms with Crippen LogP contribution in [-0.2, 0) is 32.6 Å². The lowest BCUT2D eigenvalue weighted by atomic mass is 10.0. The van der Waals surface area contributed by atoms with Crippen molar-refractivity contribution in [2.24, 2.45) is 0 Å². The predicted octanol–water partition coefficient (Wildman–Crippen LogP) is 4.98. The zero-order chi connectivity index (χ0) is 30.8. The van der Waals surface area contributed by atoms with Crippen molar-refractivity contribution in [2.45, 2.75) is 37.8 Å². The lowest BCUT2D eigenvalue weighted by molar-refractivity contribution is -0.139. The Morgan fingerprint density at radius 2 is 1.40 bits per heavy atom. The molecule has 0 saturated carbocycles. The van der Waals surface area contributed by atoms with Crippen molar-refractivity contribution in [3.63, 3.8) is 0 Å². The minimum atomic E-state index is -4.22. The van der Waals surface area contributed by atoms with Gasteiger partial charge in [0.25, 0.3) is 10.0 Å². The molecule has 0 bridgehead atoms. The first-order valence-corrected chi connectivity index (χ1v) is 15.6. The number of ether oxygens (including phenoxy) is 1. The third-order valence-corrected chi connectivity index (χ3v) is 8.81. The van der Waals surface area contributed by atoms with Gasteiger partial charge in [0.2, 0.25) is 11.8 Å².